The molecule has 0 bridgehead atoms. The van der Waals surface area contributed by atoms with E-state index in [1.54, 1.807) is 51.3 Å². The number of aliphatic carboxylic acids is 1. The van der Waals surface area contributed by atoms with Gasteiger partial charge >= 0.3 is 18.0 Å². The van der Waals surface area contributed by atoms with Crippen LogP contribution in [0.4, 0.5) is 4.79 Å². The van der Waals surface area contributed by atoms with Crippen LogP contribution in [0.15, 0.2) is 29.2 Å². The van der Waals surface area contributed by atoms with Crippen molar-refractivity contribution in [3.05, 3.63) is 29.8 Å². The molecule has 1 rings (SSSR count). The molecule has 0 radical (unpaired) electrons. The summed E-state index contributed by atoms with van der Waals surface area (Å²) in [6.07, 6.45) is 0.404. The first-order chi connectivity index (χ1) is 12.5. The van der Waals surface area contributed by atoms with Gasteiger partial charge in [-0.3, -0.25) is 9.00 Å². The molecule has 0 spiro atoms. The number of alkyl carbamates (subject to hydrolysis) is 1. The van der Waals surface area contributed by atoms with Crippen molar-refractivity contribution in [2.24, 2.45) is 0 Å². The van der Waals surface area contributed by atoms with Crippen LogP contribution in [-0.4, -0.2) is 45.2 Å². The molecular formula is C18H25NO7S. The maximum absolute atomic E-state index is 11.8. The van der Waals surface area contributed by atoms with Gasteiger partial charge in [0.05, 0.1) is 0 Å². The maximum atomic E-state index is 11.8. The van der Waals surface area contributed by atoms with Gasteiger partial charge in [0.1, 0.15) is 18.2 Å². The van der Waals surface area contributed by atoms with Gasteiger partial charge in [0.15, 0.2) is 0 Å². The van der Waals surface area contributed by atoms with Gasteiger partial charge in [-0.05, 0) is 44.9 Å². The summed E-state index contributed by atoms with van der Waals surface area (Å²) in [7, 11) is -1.08. The van der Waals surface area contributed by atoms with Gasteiger partial charge in [-0.2, -0.15) is 0 Å². The monoisotopic (exact) mass is 399 g/mol. The van der Waals surface area contributed by atoms with Crippen LogP contribution in [-0.2, 0) is 36.5 Å². The summed E-state index contributed by atoms with van der Waals surface area (Å²) < 4.78 is 21.4. The fraction of sp³-hybridized carbons (Fsp3) is 0.500. The highest BCUT2D eigenvalue weighted by atomic mass is 32.2. The summed E-state index contributed by atoms with van der Waals surface area (Å²) in [4.78, 5) is 35.4. The molecule has 2 atom stereocenters. The number of ether oxygens (including phenoxy) is 2. The second-order valence-corrected chi connectivity index (χ2v) is 8.21. The number of carboxylic acids is 1. The molecule has 150 valence electrons. The average molecular weight is 399 g/mol. The molecule has 9 heteroatoms. The van der Waals surface area contributed by atoms with E-state index < -0.39 is 40.5 Å². The van der Waals surface area contributed by atoms with Crippen LogP contribution in [0.5, 0.6) is 0 Å². The summed E-state index contributed by atoms with van der Waals surface area (Å²) in [5, 5.41) is 11.4. The molecule has 1 aromatic rings. The van der Waals surface area contributed by atoms with Crippen LogP contribution >= 0.6 is 0 Å². The van der Waals surface area contributed by atoms with Gasteiger partial charge in [0.2, 0.25) is 0 Å². The van der Waals surface area contributed by atoms with E-state index in [9.17, 15) is 18.6 Å². The SMILES string of the molecule is CS(=O)c1ccc(COC(=O)CC[C@H](NC(=O)OC(C)(C)C)C(=O)O)cc1. The number of amides is 1. The van der Waals surface area contributed by atoms with E-state index in [1.807, 2.05) is 0 Å². The standard InChI is InChI=1S/C18H25NO7S/c1-18(2,3)26-17(23)19-14(16(21)22)9-10-15(20)25-11-12-5-7-13(8-6-12)27(4)24/h5-8,14H,9-11H2,1-4H3,(H,19,23)(H,21,22)/t14-,27?/m0/s1. The minimum atomic E-state index is -1.27. The first-order valence-corrected chi connectivity index (χ1v) is 9.84. The third-order valence-electron chi connectivity index (χ3n) is 3.28. The molecule has 0 aliphatic rings. The quantitative estimate of drug-likeness (QED) is 0.643. The molecule has 0 aromatic heterocycles. The first kappa shape index (κ1) is 22.6. The molecule has 0 aliphatic heterocycles. The molecule has 1 aromatic carbocycles. The van der Waals surface area contributed by atoms with Crippen LogP contribution in [0.2, 0.25) is 0 Å². The molecule has 0 saturated carbocycles. The van der Waals surface area contributed by atoms with Gasteiger partial charge < -0.3 is 19.9 Å². The van der Waals surface area contributed by atoms with Crippen LogP contribution in [0.3, 0.4) is 0 Å². The lowest BCUT2D eigenvalue weighted by molar-refractivity contribution is -0.145. The lowest BCUT2D eigenvalue weighted by atomic mass is 10.1. The van der Waals surface area contributed by atoms with Crippen molar-refractivity contribution in [3.63, 3.8) is 0 Å². The van der Waals surface area contributed by atoms with E-state index in [0.29, 0.717) is 4.90 Å². The Balaban J connectivity index is 2.46. The van der Waals surface area contributed by atoms with Crippen LogP contribution in [0.25, 0.3) is 0 Å². The molecule has 0 aliphatic carbocycles. The summed E-state index contributed by atoms with van der Waals surface area (Å²) in [6, 6.07) is 5.52. The molecule has 2 N–H and O–H groups in total. The van der Waals surface area contributed by atoms with E-state index in [-0.39, 0.29) is 19.4 Å². The number of rotatable bonds is 8. The molecule has 0 saturated heterocycles. The summed E-state index contributed by atoms with van der Waals surface area (Å²) >= 11 is 0. The number of benzene rings is 1. The van der Waals surface area contributed by atoms with Gasteiger partial charge in [-0.15, -0.1) is 0 Å². The predicted molar refractivity (Wildman–Crippen MR) is 98.6 cm³/mol. The largest absolute Gasteiger partial charge is 0.480 e. The van der Waals surface area contributed by atoms with Crippen LogP contribution in [0, 0.1) is 0 Å². The molecule has 0 fully saturated rings. The third kappa shape index (κ3) is 9.18. The minimum Gasteiger partial charge on any atom is -0.480 e. The molecule has 8 nitrogen and oxygen atoms in total. The van der Waals surface area contributed by atoms with Crippen molar-refractivity contribution in [1.82, 2.24) is 5.32 Å². The molecule has 27 heavy (non-hydrogen) atoms. The van der Waals surface area contributed by atoms with Crippen molar-refractivity contribution in [3.8, 4) is 0 Å². The van der Waals surface area contributed by atoms with Gasteiger partial charge in [0, 0.05) is 28.4 Å². The predicted octanol–water partition coefficient (Wildman–Crippen LogP) is 2.23. The fourth-order valence-corrected chi connectivity index (χ4v) is 2.50. The Morgan fingerprint density at radius 2 is 1.78 bits per heavy atom. The van der Waals surface area contributed by atoms with E-state index >= 15 is 0 Å². The number of carboxylic acid groups (broad SMARTS) is 1. The van der Waals surface area contributed by atoms with Crippen molar-refractivity contribution in [2.45, 2.75) is 56.8 Å². The number of nitrogens with one attached hydrogen (secondary N) is 1. The highest BCUT2D eigenvalue weighted by Crippen LogP contribution is 2.10. The zero-order valence-electron chi connectivity index (χ0n) is 15.8. The summed E-state index contributed by atoms with van der Waals surface area (Å²) in [5.41, 5.74) is -0.0364. The smallest absolute Gasteiger partial charge is 0.408 e. The third-order valence-corrected chi connectivity index (χ3v) is 4.22. The second kappa shape index (κ2) is 10.1. The normalized spacial score (nSPS) is 13.3. The molecule has 1 amide bonds. The van der Waals surface area contributed by atoms with Crippen LogP contribution in [0.1, 0.15) is 39.2 Å². The maximum Gasteiger partial charge on any atom is 0.408 e. The Hall–Kier alpha value is -2.42. The van der Waals surface area contributed by atoms with Gasteiger partial charge in [-0.1, -0.05) is 12.1 Å². The summed E-state index contributed by atoms with van der Waals surface area (Å²) in [5.74, 6) is -1.85. The Bertz CT molecular complexity index is 695. The van der Waals surface area contributed by atoms with Crippen molar-refractivity contribution < 1.29 is 33.2 Å². The zero-order valence-corrected chi connectivity index (χ0v) is 16.6. The first-order valence-electron chi connectivity index (χ1n) is 8.28. The number of esters is 1. The number of carbonyl (C=O) groups is 3. The number of hydrogen-bond donors (Lipinski definition) is 2. The minimum absolute atomic E-state index is 0.0205. The Labute approximate surface area is 160 Å². The van der Waals surface area contributed by atoms with Crippen molar-refractivity contribution in [1.29, 1.82) is 0 Å². The summed E-state index contributed by atoms with van der Waals surface area (Å²) in [6.45, 7) is 4.99. The van der Waals surface area contributed by atoms with E-state index in [0.717, 1.165) is 5.56 Å². The Kier molecular flexibility index (Phi) is 8.42. The lowest BCUT2D eigenvalue weighted by Gasteiger charge is -2.21. The molecular weight excluding hydrogens is 374 g/mol. The molecule has 1 unspecified atom stereocenters. The highest BCUT2D eigenvalue weighted by Gasteiger charge is 2.24. The molecule has 0 heterocycles. The van der Waals surface area contributed by atoms with Crippen molar-refractivity contribution in [2.75, 3.05) is 6.26 Å². The Morgan fingerprint density at radius 3 is 2.26 bits per heavy atom. The average Bonchev–Trinajstić information content (AvgIpc) is 2.55. The van der Waals surface area contributed by atoms with E-state index in [4.69, 9.17) is 14.6 Å². The van der Waals surface area contributed by atoms with E-state index in [2.05, 4.69) is 5.32 Å². The van der Waals surface area contributed by atoms with Crippen LogP contribution < -0.4 is 5.32 Å². The van der Waals surface area contributed by atoms with Crippen molar-refractivity contribution >= 4 is 28.8 Å². The second-order valence-electron chi connectivity index (χ2n) is 6.83. The zero-order chi connectivity index (χ0) is 20.6. The van der Waals surface area contributed by atoms with Gasteiger partial charge in [-0.25, -0.2) is 9.59 Å². The lowest BCUT2D eigenvalue weighted by Crippen LogP contribution is -2.43. The topological polar surface area (TPSA) is 119 Å². The fourth-order valence-electron chi connectivity index (χ4n) is 1.98. The Morgan fingerprint density at radius 1 is 1.19 bits per heavy atom. The number of hydrogen-bond acceptors (Lipinski definition) is 6. The number of carbonyl (C=O) groups excluding carboxylic acids is 2. The van der Waals surface area contributed by atoms with E-state index in [1.165, 1.54) is 0 Å². The highest BCUT2D eigenvalue weighted by molar-refractivity contribution is 7.84. The van der Waals surface area contributed by atoms with Gasteiger partial charge in [0.25, 0.3) is 0 Å².